The van der Waals surface area contributed by atoms with Gasteiger partial charge in [0.05, 0.1) is 17.2 Å². The van der Waals surface area contributed by atoms with E-state index in [4.69, 9.17) is 19.8 Å². The topological polar surface area (TPSA) is 98.6 Å². The molecule has 0 atom stereocenters. The van der Waals surface area contributed by atoms with Gasteiger partial charge in [-0.25, -0.2) is 9.97 Å². The van der Waals surface area contributed by atoms with Crippen LogP contribution in [0.5, 0.6) is 0 Å². The van der Waals surface area contributed by atoms with Crippen LogP contribution < -0.4 is 5.56 Å². The molecule has 1 aliphatic heterocycles. The molecule has 8 nitrogen and oxygen atoms in total. The van der Waals surface area contributed by atoms with E-state index in [9.17, 15) is 4.79 Å². The van der Waals surface area contributed by atoms with Gasteiger partial charge in [0.15, 0.2) is 17.5 Å². The van der Waals surface area contributed by atoms with E-state index in [2.05, 4.69) is 9.97 Å². The van der Waals surface area contributed by atoms with E-state index in [1.807, 2.05) is 24.3 Å². The molecule has 1 aromatic carbocycles. The minimum atomic E-state index is -0.162. The predicted molar refractivity (Wildman–Crippen MR) is 103 cm³/mol. The third-order valence-corrected chi connectivity index (χ3v) is 4.91. The van der Waals surface area contributed by atoms with Gasteiger partial charge in [0.1, 0.15) is 0 Å². The number of benzene rings is 1. The maximum atomic E-state index is 11.5. The van der Waals surface area contributed by atoms with Crippen molar-refractivity contribution >= 4 is 11.0 Å². The number of aromatic nitrogens is 6. The molecule has 4 heterocycles. The Bertz CT molecular complexity index is 1170. The lowest BCUT2D eigenvalue weighted by molar-refractivity contribution is 0.0836. The van der Waals surface area contributed by atoms with Crippen molar-refractivity contribution in [2.75, 3.05) is 13.2 Å². The van der Waals surface area contributed by atoms with Crippen molar-refractivity contribution in [3.8, 4) is 17.2 Å². The van der Waals surface area contributed by atoms with E-state index >= 15 is 0 Å². The van der Waals surface area contributed by atoms with Gasteiger partial charge < -0.3 is 9.72 Å². The number of ether oxygens (including phenoxy) is 1. The summed E-state index contributed by atoms with van der Waals surface area (Å²) in [5.41, 5.74) is 2.21. The smallest absolute Gasteiger partial charge is 0.247 e. The van der Waals surface area contributed by atoms with Gasteiger partial charge >= 0.3 is 0 Å². The third-order valence-electron chi connectivity index (χ3n) is 4.91. The summed E-state index contributed by atoms with van der Waals surface area (Å²) in [6.45, 7) is 1.42. The molecule has 28 heavy (non-hydrogen) atoms. The van der Waals surface area contributed by atoms with E-state index in [1.165, 1.54) is 6.07 Å². The maximum Gasteiger partial charge on any atom is 0.247 e. The van der Waals surface area contributed by atoms with E-state index in [-0.39, 0.29) is 11.5 Å². The zero-order valence-corrected chi connectivity index (χ0v) is 15.1. The number of aromatic amines is 1. The molecule has 140 valence electrons. The van der Waals surface area contributed by atoms with Gasteiger partial charge in [-0.1, -0.05) is 12.1 Å². The molecule has 0 bridgehead atoms. The fraction of sp³-hybridized carbons (Fsp3) is 0.250. The Labute approximate surface area is 160 Å². The summed E-state index contributed by atoms with van der Waals surface area (Å²) in [6, 6.07) is 10.9. The number of fused-ring (bicyclic) bond motifs is 1. The maximum absolute atomic E-state index is 11.5. The van der Waals surface area contributed by atoms with Gasteiger partial charge in [-0.05, 0) is 31.0 Å². The molecule has 1 aliphatic rings. The van der Waals surface area contributed by atoms with Crippen LogP contribution in [0, 0.1) is 0 Å². The molecule has 0 aliphatic carbocycles. The van der Waals surface area contributed by atoms with Gasteiger partial charge in [-0.2, -0.15) is 4.68 Å². The summed E-state index contributed by atoms with van der Waals surface area (Å²) in [6.07, 6.45) is 5.11. The van der Waals surface area contributed by atoms with Crippen molar-refractivity contribution in [2.45, 2.75) is 18.8 Å². The Kier molecular flexibility index (Phi) is 4.17. The molecule has 3 aromatic heterocycles. The summed E-state index contributed by atoms with van der Waals surface area (Å²) in [5.74, 6) is 2.22. The first-order chi connectivity index (χ1) is 13.8. The van der Waals surface area contributed by atoms with Gasteiger partial charge in [-0.3, -0.25) is 9.78 Å². The first kappa shape index (κ1) is 16.8. The lowest BCUT2D eigenvalue weighted by atomic mass is 10.00. The molecule has 0 saturated carbocycles. The quantitative estimate of drug-likeness (QED) is 0.591. The normalized spacial score (nSPS) is 15.1. The van der Waals surface area contributed by atoms with Crippen LogP contribution in [0.1, 0.15) is 24.6 Å². The van der Waals surface area contributed by atoms with Crippen LogP contribution in [0.25, 0.3) is 28.2 Å². The number of H-pyrrole nitrogens is 1. The van der Waals surface area contributed by atoms with Gasteiger partial charge in [0.25, 0.3) is 0 Å². The van der Waals surface area contributed by atoms with Crippen LogP contribution in [-0.2, 0) is 4.74 Å². The highest BCUT2D eigenvalue weighted by Gasteiger charge is 2.23. The molecule has 0 unspecified atom stereocenters. The summed E-state index contributed by atoms with van der Waals surface area (Å²) in [4.78, 5) is 28.2. The van der Waals surface area contributed by atoms with Crippen molar-refractivity contribution in [1.82, 2.24) is 29.7 Å². The molecule has 0 radical (unpaired) electrons. The SMILES string of the molecule is O=c1ccc(-c2nc(C3CCOCC3)nn2-c2cnc3ccccc3n2)c[nH]1. The zero-order valence-electron chi connectivity index (χ0n) is 15.1. The molecule has 4 aromatic rings. The standard InChI is InChI=1S/C20H18N6O2/c27-18-6-5-14(11-22-18)20-24-19(13-7-9-28-10-8-13)25-26(20)17-12-21-15-3-1-2-4-16(15)23-17/h1-6,11-13H,7-10H2,(H,22,27). The zero-order chi connectivity index (χ0) is 18.9. The van der Waals surface area contributed by atoms with Crippen molar-refractivity contribution in [1.29, 1.82) is 0 Å². The lowest BCUT2D eigenvalue weighted by Gasteiger charge is -2.18. The highest BCUT2D eigenvalue weighted by Crippen LogP contribution is 2.28. The summed E-state index contributed by atoms with van der Waals surface area (Å²) in [5, 5.41) is 4.77. The number of para-hydroxylation sites is 2. The average Bonchev–Trinajstić information content (AvgIpc) is 3.20. The van der Waals surface area contributed by atoms with Gasteiger partial charge in [0, 0.05) is 37.0 Å². The van der Waals surface area contributed by atoms with E-state index in [0.29, 0.717) is 24.9 Å². The molecule has 1 saturated heterocycles. The number of rotatable bonds is 3. The molecule has 8 heteroatoms. The molecular formula is C20H18N6O2. The van der Waals surface area contributed by atoms with Crippen LogP contribution in [0.2, 0.25) is 0 Å². The van der Waals surface area contributed by atoms with E-state index in [0.717, 1.165) is 35.3 Å². The molecular weight excluding hydrogens is 356 g/mol. The number of nitrogens with zero attached hydrogens (tertiary/aromatic N) is 5. The van der Waals surface area contributed by atoms with Crippen LogP contribution in [0.15, 0.2) is 53.6 Å². The first-order valence-electron chi connectivity index (χ1n) is 9.24. The Morgan fingerprint density at radius 1 is 1.04 bits per heavy atom. The lowest BCUT2D eigenvalue weighted by Crippen LogP contribution is -2.15. The minimum Gasteiger partial charge on any atom is -0.381 e. The minimum absolute atomic E-state index is 0.162. The molecule has 0 amide bonds. The molecule has 5 rings (SSSR count). The number of hydrogen-bond donors (Lipinski definition) is 1. The third kappa shape index (κ3) is 3.07. The predicted octanol–water partition coefficient (Wildman–Crippen LogP) is 2.46. The monoisotopic (exact) mass is 374 g/mol. The van der Waals surface area contributed by atoms with Crippen molar-refractivity contribution in [2.24, 2.45) is 0 Å². The highest BCUT2D eigenvalue weighted by atomic mass is 16.5. The Morgan fingerprint density at radius 3 is 2.64 bits per heavy atom. The molecule has 1 N–H and O–H groups in total. The second-order valence-electron chi connectivity index (χ2n) is 6.75. The van der Waals surface area contributed by atoms with Gasteiger partial charge in [-0.15, -0.1) is 5.10 Å². The number of pyridine rings is 1. The van der Waals surface area contributed by atoms with Crippen molar-refractivity contribution in [3.05, 3.63) is 65.0 Å². The van der Waals surface area contributed by atoms with Crippen LogP contribution in [0.3, 0.4) is 0 Å². The van der Waals surface area contributed by atoms with Crippen molar-refractivity contribution in [3.63, 3.8) is 0 Å². The van der Waals surface area contributed by atoms with Gasteiger partial charge in [0.2, 0.25) is 5.56 Å². The Balaban J connectivity index is 1.66. The first-order valence-corrected chi connectivity index (χ1v) is 9.24. The van der Waals surface area contributed by atoms with Crippen molar-refractivity contribution < 1.29 is 4.74 Å². The van der Waals surface area contributed by atoms with Crippen LogP contribution in [-0.4, -0.2) is 42.9 Å². The summed E-state index contributed by atoms with van der Waals surface area (Å²) < 4.78 is 7.17. The molecule has 0 spiro atoms. The average molecular weight is 374 g/mol. The van der Waals surface area contributed by atoms with E-state index in [1.54, 1.807) is 23.1 Å². The highest BCUT2D eigenvalue weighted by molar-refractivity contribution is 5.74. The Morgan fingerprint density at radius 2 is 1.86 bits per heavy atom. The fourth-order valence-electron chi connectivity index (χ4n) is 3.40. The second-order valence-corrected chi connectivity index (χ2v) is 6.75. The Hall–Kier alpha value is -3.39. The summed E-state index contributed by atoms with van der Waals surface area (Å²) >= 11 is 0. The second kappa shape index (κ2) is 6.97. The fourth-order valence-corrected chi connectivity index (χ4v) is 3.40. The van der Waals surface area contributed by atoms with Crippen LogP contribution in [0.4, 0.5) is 0 Å². The number of hydrogen-bond acceptors (Lipinski definition) is 6. The largest absolute Gasteiger partial charge is 0.381 e. The summed E-state index contributed by atoms with van der Waals surface area (Å²) in [7, 11) is 0. The van der Waals surface area contributed by atoms with Crippen LogP contribution >= 0.6 is 0 Å². The van der Waals surface area contributed by atoms with E-state index < -0.39 is 0 Å². The molecule has 1 fully saturated rings. The number of nitrogens with one attached hydrogen (secondary N) is 1.